The fraction of sp³-hybridized carbons (Fsp3) is 0.176. The molecule has 0 saturated carbocycles. The highest BCUT2D eigenvalue weighted by Crippen LogP contribution is 2.27. The Kier molecular flexibility index (Phi) is 6.46. The predicted molar refractivity (Wildman–Crippen MR) is 95.4 cm³/mol. The van der Waals surface area contributed by atoms with E-state index in [1.807, 2.05) is 0 Å². The van der Waals surface area contributed by atoms with Crippen molar-refractivity contribution in [1.29, 1.82) is 0 Å². The zero-order valence-electron chi connectivity index (χ0n) is 13.2. The summed E-state index contributed by atoms with van der Waals surface area (Å²) in [6.45, 7) is 0. The summed E-state index contributed by atoms with van der Waals surface area (Å²) in [4.78, 5) is 12.0. The van der Waals surface area contributed by atoms with E-state index in [2.05, 4.69) is 10.5 Å². The van der Waals surface area contributed by atoms with Crippen LogP contribution in [0.1, 0.15) is 11.1 Å². The number of hydrogen-bond donors (Lipinski definition) is 1. The predicted octanol–water partition coefficient (Wildman–Crippen LogP) is 3.70. The minimum atomic E-state index is -0.267. The minimum absolute atomic E-state index is 0.154. The van der Waals surface area contributed by atoms with Crippen molar-refractivity contribution in [2.45, 2.75) is 6.42 Å². The number of rotatable bonds is 6. The van der Waals surface area contributed by atoms with E-state index in [4.69, 9.17) is 32.7 Å². The Bertz CT molecular complexity index is 763. The van der Waals surface area contributed by atoms with Crippen molar-refractivity contribution in [3.05, 3.63) is 57.6 Å². The smallest absolute Gasteiger partial charge is 0.244 e. The molecule has 2 aromatic carbocycles. The quantitative estimate of drug-likeness (QED) is 0.626. The van der Waals surface area contributed by atoms with Crippen LogP contribution in [-0.4, -0.2) is 26.3 Å². The number of hydrazone groups is 1. The van der Waals surface area contributed by atoms with Crippen LogP contribution >= 0.6 is 23.2 Å². The highest BCUT2D eigenvalue weighted by Gasteiger charge is 2.08. The Balaban J connectivity index is 1.98. The fourth-order valence-corrected chi connectivity index (χ4v) is 2.37. The molecule has 0 aliphatic carbocycles. The third kappa shape index (κ3) is 4.63. The number of amides is 1. The van der Waals surface area contributed by atoms with E-state index in [1.165, 1.54) is 6.21 Å². The van der Waals surface area contributed by atoms with E-state index in [9.17, 15) is 4.79 Å². The molecule has 0 unspecified atom stereocenters. The number of methoxy groups -OCH3 is 2. The van der Waals surface area contributed by atoms with Crippen LogP contribution in [0.4, 0.5) is 0 Å². The summed E-state index contributed by atoms with van der Waals surface area (Å²) in [6.07, 6.45) is 1.60. The van der Waals surface area contributed by atoms with Crippen molar-refractivity contribution >= 4 is 35.3 Å². The molecular formula is C17H16Cl2N2O3. The van der Waals surface area contributed by atoms with E-state index in [0.717, 1.165) is 5.56 Å². The van der Waals surface area contributed by atoms with Crippen molar-refractivity contribution in [2.24, 2.45) is 5.10 Å². The highest BCUT2D eigenvalue weighted by atomic mass is 35.5. The van der Waals surface area contributed by atoms with Gasteiger partial charge >= 0.3 is 0 Å². The lowest BCUT2D eigenvalue weighted by molar-refractivity contribution is -0.120. The molecule has 0 radical (unpaired) electrons. The average molecular weight is 367 g/mol. The summed E-state index contributed by atoms with van der Waals surface area (Å²) >= 11 is 12.0. The second-order valence-electron chi connectivity index (χ2n) is 4.80. The Morgan fingerprint density at radius 3 is 2.62 bits per heavy atom. The average Bonchev–Trinajstić information content (AvgIpc) is 2.58. The van der Waals surface area contributed by atoms with E-state index in [0.29, 0.717) is 27.1 Å². The third-order valence-corrected chi connectivity index (χ3v) is 4.02. The maximum absolute atomic E-state index is 12.0. The van der Waals surface area contributed by atoms with Crippen LogP contribution in [0.3, 0.4) is 0 Å². The number of benzene rings is 2. The SMILES string of the molecule is COc1ccc(CC(=O)N/N=C/c2cccc(Cl)c2Cl)cc1OC. The molecule has 0 saturated heterocycles. The molecular weight excluding hydrogens is 351 g/mol. The van der Waals surface area contributed by atoms with E-state index < -0.39 is 0 Å². The Labute approximate surface area is 150 Å². The van der Waals surface area contributed by atoms with Gasteiger partial charge in [-0.25, -0.2) is 5.43 Å². The van der Waals surface area contributed by atoms with Crippen LogP contribution in [-0.2, 0) is 11.2 Å². The van der Waals surface area contributed by atoms with Crippen molar-refractivity contribution < 1.29 is 14.3 Å². The minimum Gasteiger partial charge on any atom is -0.493 e. The lowest BCUT2D eigenvalue weighted by atomic mass is 10.1. The zero-order valence-corrected chi connectivity index (χ0v) is 14.7. The Hall–Kier alpha value is -2.24. The van der Waals surface area contributed by atoms with E-state index in [-0.39, 0.29) is 12.3 Å². The monoisotopic (exact) mass is 366 g/mol. The maximum Gasteiger partial charge on any atom is 0.244 e. The molecule has 2 aromatic rings. The molecule has 5 nitrogen and oxygen atoms in total. The first-order valence-electron chi connectivity index (χ1n) is 7.02. The molecule has 1 N–H and O–H groups in total. The molecule has 0 fully saturated rings. The second kappa shape index (κ2) is 8.57. The van der Waals surface area contributed by atoms with Crippen LogP contribution in [0.15, 0.2) is 41.5 Å². The van der Waals surface area contributed by atoms with Crippen LogP contribution in [0.25, 0.3) is 0 Å². The summed E-state index contributed by atoms with van der Waals surface area (Å²) in [5, 5.41) is 4.71. The number of hydrogen-bond acceptors (Lipinski definition) is 4. The van der Waals surface area contributed by atoms with Crippen molar-refractivity contribution in [2.75, 3.05) is 14.2 Å². The second-order valence-corrected chi connectivity index (χ2v) is 5.59. The molecule has 0 spiro atoms. The summed E-state index contributed by atoms with van der Waals surface area (Å²) in [7, 11) is 3.10. The first kappa shape index (κ1) is 18.1. The lowest BCUT2D eigenvalue weighted by Crippen LogP contribution is -2.19. The Morgan fingerprint density at radius 2 is 1.92 bits per heavy atom. The van der Waals surface area contributed by atoms with Gasteiger partial charge in [0.05, 0.1) is 36.9 Å². The number of halogens is 2. The van der Waals surface area contributed by atoms with Crippen molar-refractivity contribution in [3.8, 4) is 11.5 Å². The molecule has 24 heavy (non-hydrogen) atoms. The van der Waals surface area contributed by atoms with Gasteiger partial charge in [0.15, 0.2) is 11.5 Å². The van der Waals surface area contributed by atoms with E-state index in [1.54, 1.807) is 50.6 Å². The fourth-order valence-electron chi connectivity index (χ4n) is 2.01. The van der Waals surface area contributed by atoms with Gasteiger partial charge in [0, 0.05) is 5.56 Å². The van der Waals surface area contributed by atoms with Gasteiger partial charge in [-0.15, -0.1) is 0 Å². The third-order valence-electron chi connectivity index (χ3n) is 3.19. The molecule has 0 aliphatic heterocycles. The topological polar surface area (TPSA) is 59.9 Å². The molecule has 126 valence electrons. The number of nitrogens with one attached hydrogen (secondary N) is 1. The molecule has 2 rings (SSSR count). The van der Waals surface area contributed by atoms with Gasteiger partial charge < -0.3 is 9.47 Å². The largest absolute Gasteiger partial charge is 0.493 e. The van der Waals surface area contributed by atoms with Gasteiger partial charge in [-0.3, -0.25) is 4.79 Å². The summed E-state index contributed by atoms with van der Waals surface area (Å²) < 4.78 is 10.4. The lowest BCUT2D eigenvalue weighted by Gasteiger charge is -2.09. The van der Waals surface area contributed by atoms with Gasteiger partial charge in [-0.1, -0.05) is 41.4 Å². The number of nitrogens with zero attached hydrogens (tertiary/aromatic N) is 1. The van der Waals surface area contributed by atoms with Crippen LogP contribution in [0.5, 0.6) is 11.5 Å². The molecule has 0 atom stereocenters. The van der Waals surface area contributed by atoms with Crippen molar-refractivity contribution in [3.63, 3.8) is 0 Å². The van der Waals surface area contributed by atoms with E-state index >= 15 is 0 Å². The summed E-state index contributed by atoms with van der Waals surface area (Å²) in [5.74, 6) is 0.906. The van der Waals surface area contributed by atoms with Gasteiger partial charge in [0.25, 0.3) is 0 Å². The standard InChI is InChI=1S/C17H16Cl2N2O3/c1-23-14-7-6-11(8-15(14)24-2)9-16(22)21-20-10-12-4-3-5-13(18)17(12)19/h3-8,10H,9H2,1-2H3,(H,21,22)/b20-10+. The van der Waals surface area contributed by atoms with Gasteiger partial charge in [0.1, 0.15) is 0 Å². The number of carbonyl (C=O) groups is 1. The molecule has 7 heteroatoms. The first-order valence-corrected chi connectivity index (χ1v) is 7.77. The molecule has 0 aliphatic rings. The molecule has 0 heterocycles. The Morgan fingerprint density at radius 1 is 1.17 bits per heavy atom. The van der Waals surface area contributed by atoms with Crippen molar-refractivity contribution in [1.82, 2.24) is 5.43 Å². The van der Waals surface area contributed by atoms with Gasteiger partial charge in [0.2, 0.25) is 5.91 Å². The van der Waals surface area contributed by atoms with Crippen LogP contribution < -0.4 is 14.9 Å². The normalized spacial score (nSPS) is 10.7. The number of ether oxygens (including phenoxy) is 2. The summed E-state index contributed by atoms with van der Waals surface area (Å²) in [5.41, 5.74) is 3.85. The maximum atomic E-state index is 12.0. The molecule has 0 bridgehead atoms. The highest BCUT2D eigenvalue weighted by molar-refractivity contribution is 6.43. The number of carbonyl (C=O) groups excluding carboxylic acids is 1. The van der Waals surface area contributed by atoms with Gasteiger partial charge in [-0.2, -0.15) is 5.10 Å². The summed E-state index contributed by atoms with van der Waals surface area (Å²) in [6, 6.07) is 10.5. The van der Waals surface area contributed by atoms with Gasteiger partial charge in [-0.05, 0) is 23.8 Å². The van der Waals surface area contributed by atoms with Crippen LogP contribution in [0, 0.1) is 0 Å². The zero-order chi connectivity index (χ0) is 17.5. The molecule has 1 amide bonds. The first-order chi connectivity index (χ1) is 11.5. The van der Waals surface area contributed by atoms with Crippen LogP contribution in [0.2, 0.25) is 10.0 Å². The molecule has 0 aromatic heterocycles.